The molecule has 3 rings (SSSR count). The number of nitrogens with zero attached hydrogens (tertiary/aromatic N) is 2. The minimum Gasteiger partial charge on any atom is -0.423 e. The Morgan fingerprint density at radius 3 is 2.10 bits per heavy atom. The Kier molecular flexibility index (Phi) is 6.46. The number of anilines is 1. The van der Waals surface area contributed by atoms with E-state index in [0.29, 0.717) is 43.2 Å². The third-order valence-corrected chi connectivity index (χ3v) is 4.74. The molecule has 0 saturated carbocycles. The first-order valence-corrected chi connectivity index (χ1v) is 9.36. The molecule has 0 aliphatic carbocycles. The molecule has 0 aromatic heterocycles. The van der Waals surface area contributed by atoms with E-state index in [1.165, 1.54) is 0 Å². The number of hydrogen-bond donors (Lipinski definition) is 2. The van der Waals surface area contributed by atoms with Gasteiger partial charge < -0.3 is 21.1 Å². The molecular formula is C21H24N4O4. The Balaban J connectivity index is 1.50. The van der Waals surface area contributed by atoms with Gasteiger partial charge in [0.2, 0.25) is 11.8 Å². The van der Waals surface area contributed by atoms with Crippen molar-refractivity contribution in [3.05, 3.63) is 59.7 Å². The predicted molar refractivity (Wildman–Crippen MR) is 108 cm³/mol. The van der Waals surface area contributed by atoms with Gasteiger partial charge in [0, 0.05) is 31.9 Å². The molecular weight excluding hydrogens is 372 g/mol. The maximum Gasteiger partial charge on any atom is 0.343 e. The van der Waals surface area contributed by atoms with Gasteiger partial charge in [0.1, 0.15) is 5.75 Å². The zero-order chi connectivity index (χ0) is 20.8. The first-order valence-electron chi connectivity index (χ1n) is 9.36. The topological polar surface area (TPSA) is 119 Å². The highest BCUT2D eigenvalue weighted by molar-refractivity contribution is 5.91. The van der Waals surface area contributed by atoms with E-state index < -0.39 is 5.97 Å². The van der Waals surface area contributed by atoms with E-state index in [9.17, 15) is 14.4 Å². The molecule has 0 bridgehead atoms. The molecule has 2 aromatic rings. The second-order valence-electron chi connectivity index (χ2n) is 6.96. The van der Waals surface area contributed by atoms with Gasteiger partial charge in [-0.15, -0.1) is 0 Å². The van der Waals surface area contributed by atoms with Gasteiger partial charge in [0.05, 0.1) is 18.5 Å². The second kappa shape index (κ2) is 9.20. The maximum atomic E-state index is 12.5. The predicted octanol–water partition coefficient (Wildman–Crippen LogP) is 0.660. The standard InChI is InChI=1S/C21H24N4O4/c22-17-5-3-16(4-6-17)21(28)29-18-7-1-15(2-8-18)13-20(27)25-11-9-24(10-12-25)14-19(23)26/h1-8H,9-14,22H2,(H2,23,26). The molecule has 1 aliphatic rings. The molecule has 0 atom stereocenters. The number of benzene rings is 2. The SMILES string of the molecule is NC(=O)CN1CCN(C(=O)Cc2ccc(OC(=O)c3ccc(N)cc3)cc2)CC1. The number of rotatable bonds is 6. The van der Waals surface area contributed by atoms with Crippen LogP contribution in [0.15, 0.2) is 48.5 Å². The summed E-state index contributed by atoms with van der Waals surface area (Å²) < 4.78 is 5.34. The van der Waals surface area contributed by atoms with E-state index in [1.54, 1.807) is 53.4 Å². The summed E-state index contributed by atoms with van der Waals surface area (Å²) in [6.07, 6.45) is 0.266. The molecule has 2 aromatic carbocycles. The molecule has 1 fully saturated rings. The molecule has 152 valence electrons. The number of carbonyl (C=O) groups excluding carboxylic acids is 3. The fourth-order valence-electron chi connectivity index (χ4n) is 3.12. The number of hydrogen-bond acceptors (Lipinski definition) is 6. The van der Waals surface area contributed by atoms with E-state index in [4.69, 9.17) is 16.2 Å². The first-order chi connectivity index (χ1) is 13.9. The molecule has 8 nitrogen and oxygen atoms in total. The van der Waals surface area contributed by atoms with Gasteiger partial charge >= 0.3 is 5.97 Å². The van der Waals surface area contributed by atoms with E-state index >= 15 is 0 Å². The van der Waals surface area contributed by atoms with Gasteiger partial charge in [0.15, 0.2) is 0 Å². The van der Waals surface area contributed by atoms with Crippen molar-refractivity contribution in [3.63, 3.8) is 0 Å². The van der Waals surface area contributed by atoms with Crippen molar-refractivity contribution >= 4 is 23.5 Å². The van der Waals surface area contributed by atoms with Crippen LogP contribution in [0, 0.1) is 0 Å². The monoisotopic (exact) mass is 396 g/mol. The molecule has 0 radical (unpaired) electrons. The number of primary amides is 1. The lowest BCUT2D eigenvalue weighted by Crippen LogP contribution is -2.50. The molecule has 8 heteroatoms. The normalized spacial score (nSPS) is 14.4. The maximum absolute atomic E-state index is 12.5. The van der Waals surface area contributed by atoms with Crippen molar-refractivity contribution in [3.8, 4) is 5.75 Å². The van der Waals surface area contributed by atoms with Crippen molar-refractivity contribution in [2.75, 3.05) is 38.5 Å². The molecule has 2 amide bonds. The van der Waals surface area contributed by atoms with Gasteiger partial charge in [-0.3, -0.25) is 14.5 Å². The summed E-state index contributed by atoms with van der Waals surface area (Å²) in [6, 6.07) is 13.4. The Morgan fingerprint density at radius 1 is 0.897 bits per heavy atom. The number of esters is 1. The highest BCUT2D eigenvalue weighted by atomic mass is 16.5. The Morgan fingerprint density at radius 2 is 1.52 bits per heavy atom. The quantitative estimate of drug-likeness (QED) is 0.421. The largest absolute Gasteiger partial charge is 0.423 e. The van der Waals surface area contributed by atoms with Crippen LogP contribution in [-0.4, -0.2) is 60.3 Å². The molecule has 1 aliphatic heterocycles. The van der Waals surface area contributed by atoms with E-state index in [2.05, 4.69) is 0 Å². The summed E-state index contributed by atoms with van der Waals surface area (Å²) in [6.45, 7) is 2.63. The Bertz CT molecular complexity index is 873. The van der Waals surface area contributed by atoms with Crippen LogP contribution >= 0.6 is 0 Å². The van der Waals surface area contributed by atoms with Gasteiger partial charge in [-0.1, -0.05) is 12.1 Å². The van der Waals surface area contributed by atoms with E-state index in [0.717, 1.165) is 5.56 Å². The number of ether oxygens (including phenoxy) is 1. The van der Waals surface area contributed by atoms with Crippen LogP contribution in [0.4, 0.5) is 5.69 Å². The second-order valence-corrected chi connectivity index (χ2v) is 6.96. The van der Waals surface area contributed by atoms with Crippen LogP contribution in [0.5, 0.6) is 5.75 Å². The lowest BCUT2D eigenvalue weighted by molar-refractivity contribution is -0.132. The van der Waals surface area contributed by atoms with Crippen LogP contribution in [0.2, 0.25) is 0 Å². The molecule has 1 saturated heterocycles. The van der Waals surface area contributed by atoms with Crippen LogP contribution in [0.3, 0.4) is 0 Å². The minimum absolute atomic E-state index is 0.0235. The number of nitrogen functional groups attached to an aromatic ring is 1. The first kappa shape index (κ1) is 20.3. The van der Waals surface area contributed by atoms with Crippen LogP contribution in [0.25, 0.3) is 0 Å². The molecule has 1 heterocycles. The molecule has 0 spiro atoms. The fourth-order valence-corrected chi connectivity index (χ4v) is 3.12. The summed E-state index contributed by atoms with van der Waals surface area (Å²) >= 11 is 0. The Labute approximate surface area is 169 Å². The number of carbonyl (C=O) groups is 3. The zero-order valence-electron chi connectivity index (χ0n) is 16.0. The van der Waals surface area contributed by atoms with Gasteiger partial charge in [-0.2, -0.15) is 0 Å². The van der Waals surface area contributed by atoms with Crippen LogP contribution in [0.1, 0.15) is 15.9 Å². The summed E-state index contributed by atoms with van der Waals surface area (Å²) in [5.41, 5.74) is 12.6. The zero-order valence-corrected chi connectivity index (χ0v) is 16.0. The lowest BCUT2D eigenvalue weighted by atomic mass is 10.1. The van der Waals surface area contributed by atoms with E-state index in [-0.39, 0.29) is 24.8 Å². The smallest absolute Gasteiger partial charge is 0.343 e. The van der Waals surface area contributed by atoms with Crippen LogP contribution < -0.4 is 16.2 Å². The summed E-state index contributed by atoms with van der Waals surface area (Å²) in [5.74, 6) is -0.400. The average molecular weight is 396 g/mol. The molecule has 0 unspecified atom stereocenters. The van der Waals surface area contributed by atoms with Crippen molar-refractivity contribution in [2.45, 2.75) is 6.42 Å². The van der Waals surface area contributed by atoms with Gasteiger partial charge in [0.25, 0.3) is 0 Å². The highest BCUT2D eigenvalue weighted by Gasteiger charge is 2.21. The third kappa shape index (κ3) is 5.79. The Hall–Kier alpha value is -3.39. The highest BCUT2D eigenvalue weighted by Crippen LogP contribution is 2.16. The van der Waals surface area contributed by atoms with E-state index in [1.807, 2.05) is 4.90 Å². The van der Waals surface area contributed by atoms with Crippen LogP contribution in [-0.2, 0) is 16.0 Å². The summed E-state index contributed by atoms with van der Waals surface area (Å²) in [5, 5.41) is 0. The lowest BCUT2D eigenvalue weighted by Gasteiger charge is -2.34. The molecule has 29 heavy (non-hydrogen) atoms. The average Bonchev–Trinajstić information content (AvgIpc) is 2.70. The minimum atomic E-state index is -0.470. The van der Waals surface area contributed by atoms with Crippen molar-refractivity contribution in [1.82, 2.24) is 9.80 Å². The van der Waals surface area contributed by atoms with Crippen molar-refractivity contribution in [2.24, 2.45) is 5.73 Å². The number of amides is 2. The number of piperazine rings is 1. The van der Waals surface area contributed by atoms with Crippen molar-refractivity contribution < 1.29 is 19.1 Å². The summed E-state index contributed by atoms with van der Waals surface area (Å²) in [4.78, 5) is 39.3. The molecule has 4 N–H and O–H groups in total. The van der Waals surface area contributed by atoms with Crippen molar-refractivity contribution in [1.29, 1.82) is 0 Å². The third-order valence-electron chi connectivity index (χ3n) is 4.74. The van der Waals surface area contributed by atoms with Gasteiger partial charge in [-0.05, 0) is 42.0 Å². The summed E-state index contributed by atoms with van der Waals surface area (Å²) in [7, 11) is 0. The fraction of sp³-hybridized carbons (Fsp3) is 0.286. The number of nitrogens with two attached hydrogens (primary N) is 2. The van der Waals surface area contributed by atoms with Gasteiger partial charge in [-0.25, -0.2) is 4.79 Å².